The molecule has 0 heterocycles. The van der Waals surface area contributed by atoms with Gasteiger partial charge in [-0.1, -0.05) is 0 Å². The van der Waals surface area contributed by atoms with Crippen molar-refractivity contribution in [1.82, 2.24) is 0 Å². The molecule has 0 unspecified atom stereocenters. The van der Waals surface area contributed by atoms with Crippen LogP contribution < -0.4 is 0 Å². The molecule has 2 nitrogen and oxygen atoms in total. The summed E-state index contributed by atoms with van der Waals surface area (Å²) >= 11 is 0.796. The van der Waals surface area contributed by atoms with Gasteiger partial charge in [-0.3, -0.25) is 0 Å². The SMILES string of the molecule is CC(C)(O)/C(=C\C(F)(F)F)SCCO. The van der Waals surface area contributed by atoms with Crippen LogP contribution in [0.2, 0.25) is 0 Å². The first-order valence-electron chi connectivity index (χ1n) is 3.93. The van der Waals surface area contributed by atoms with Gasteiger partial charge in [-0.15, -0.1) is 11.8 Å². The minimum atomic E-state index is -4.45. The number of rotatable bonds is 4. The van der Waals surface area contributed by atoms with E-state index in [1.807, 2.05) is 0 Å². The van der Waals surface area contributed by atoms with Crippen LogP contribution in [0.15, 0.2) is 11.0 Å². The second-order valence-electron chi connectivity index (χ2n) is 3.18. The zero-order valence-electron chi connectivity index (χ0n) is 7.93. The van der Waals surface area contributed by atoms with Crippen molar-refractivity contribution in [3.63, 3.8) is 0 Å². The van der Waals surface area contributed by atoms with Gasteiger partial charge in [-0.2, -0.15) is 13.2 Å². The molecule has 0 rings (SSSR count). The highest BCUT2D eigenvalue weighted by molar-refractivity contribution is 8.03. The number of allylic oxidation sites excluding steroid dienone is 1. The van der Waals surface area contributed by atoms with Gasteiger partial charge in [0.1, 0.15) is 0 Å². The lowest BCUT2D eigenvalue weighted by Gasteiger charge is -2.21. The molecule has 0 aliphatic carbocycles. The molecule has 0 radical (unpaired) electrons. The van der Waals surface area contributed by atoms with Crippen molar-refractivity contribution in [3.05, 3.63) is 11.0 Å². The van der Waals surface area contributed by atoms with Gasteiger partial charge in [0.25, 0.3) is 0 Å². The van der Waals surface area contributed by atoms with E-state index in [1.165, 1.54) is 13.8 Å². The van der Waals surface area contributed by atoms with Gasteiger partial charge >= 0.3 is 6.18 Å². The molecule has 0 fully saturated rings. The van der Waals surface area contributed by atoms with Gasteiger partial charge in [0.05, 0.1) is 12.2 Å². The molecule has 84 valence electrons. The van der Waals surface area contributed by atoms with E-state index in [4.69, 9.17) is 5.11 Å². The van der Waals surface area contributed by atoms with E-state index in [2.05, 4.69) is 0 Å². The maximum Gasteiger partial charge on any atom is 0.410 e. The Morgan fingerprint density at radius 3 is 2.14 bits per heavy atom. The fourth-order valence-electron chi connectivity index (χ4n) is 0.699. The van der Waals surface area contributed by atoms with Crippen LogP contribution in [-0.4, -0.2) is 34.4 Å². The van der Waals surface area contributed by atoms with E-state index in [0.29, 0.717) is 0 Å². The predicted molar refractivity (Wildman–Crippen MR) is 50.0 cm³/mol. The average Bonchev–Trinajstić information content (AvgIpc) is 1.93. The summed E-state index contributed by atoms with van der Waals surface area (Å²) in [5.41, 5.74) is -1.53. The van der Waals surface area contributed by atoms with Crippen molar-refractivity contribution in [2.75, 3.05) is 12.4 Å². The predicted octanol–water partition coefficient (Wildman–Crippen LogP) is 1.93. The highest BCUT2D eigenvalue weighted by Crippen LogP contribution is 2.32. The van der Waals surface area contributed by atoms with Crippen molar-refractivity contribution in [2.45, 2.75) is 25.6 Å². The summed E-state index contributed by atoms with van der Waals surface area (Å²) in [6.07, 6.45) is -4.38. The third kappa shape index (κ3) is 6.28. The van der Waals surface area contributed by atoms with E-state index < -0.39 is 11.8 Å². The Labute approximate surface area is 84.8 Å². The minimum Gasteiger partial charge on any atom is -0.396 e. The van der Waals surface area contributed by atoms with Crippen molar-refractivity contribution in [3.8, 4) is 0 Å². The van der Waals surface area contributed by atoms with Crippen molar-refractivity contribution in [1.29, 1.82) is 0 Å². The number of halogens is 3. The van der Waals surface area contributed by atoms with Crippen molar-refractivity contribution in [2.24, 2.45) is 0 Å². The average molecular weight is 230 g/mol. The summed E-state index contributed by atoms with van der Waals surface area (Å²) in [5.74, 6) is 0.131. The number of hydrogen-bond donors (Lipinski definition) is 2. The number of aliphatic hydroxyl groups excluding tert-OH is 1. The minimum absolute atomic E-state index is 0.0628. The van der Waals surface area contributed by atoms with Gasteiger partial charge in [-0.25, -0.2) is 0 Å². The highest BCUT2D eigenvalue weighted by Gasteiger charge is 2.30. The van der Waals surface area contributed by atoms with E-state index >= 15 is 0 Å². The first kappa shape index (κ1) is 13.8. The summed E-state index contributed by atoms with van der Waals surface area (Å²) in [6.45, 7) is 2.32. The summed E-state index contributed by atoms with van der Waals surface area (Å²) < 4.78 is 36.0. The molecular formula is C8H13F3O2S. The summed E-state index contributed by atoms with van der Waals surface area (Å²) in [5, 5.41) is 17.9. The third-order valence-corrected chi connectivity index (χ3v) is 2.56. The standard InChI is InChI=1S/C8H13F3O2S/c1-7(2,13)6(14-4-3-12)5-8(9,10)11/h5,12-13H,3-4H2,1-2H3/b6-5+. The van der Waals surface area contributed by atoms with E-state index in [1.54, 1.807) is 0 Å². The molecule has 0 bridgehead atoms. The number of thioether (sulfide) groups is 1. The quantitative estimate of drug-likeness (QED) is 0.775. The molecule has 14 heavy (non-hydrogen) atoms. The smallest absolute Gasteiger partial charge is 0.396 e. The number of hydrogen-bond acceptors (Lipinski definition) is 3. The van der Waals surface area contributed by atoms with Crippen LogP contribution in [0.1, 0.15) is 13.8 Å². The van der Waals surface area contributed by atoms with Gasteiger partial charge in [0.2, 0.25) is 0 Å². The van der Waals surface area contributed by atoms with Crippen LogP contribution in [0.5, 0.6) is 0 Å². The first-order chi connectivity index (χ1) is 6.17. The molecule has 0 amide bonds. The lowest BCUT2D eigenvalue weighted by Crippen LogP contribution is -2.22. The van der Waals surface area contributed by atoms with E-state index in [0.717, 1.165) is 11.8 Å². The first-order valence-corrected chi connectivity index (χ1v) is 4.91. The Balaban J connectivity index is 4.65. The summed E-state index contributed by atoms with van der Waals surface area (Å²) in [4.78, 5) is -0.195. The van der Waals surface area contributed by atoms with Crippen molar-refractivity contribution >= 4 is 11.8 Å². The molecule has 6 heteroatoms. The van der Waals surface area contributed by atoms with Gasteiger partial charge in [0, 0.05) is 16.7 Å². The second-order valence-corrected chi connectivity index (χ2v) is 4.32. The Morgan fingerprint density at radius 1 is 1.36 bits per heavy atom. The molecule has 0 saturated carbocycles. The monoisotopic (exact) mass is 230 g/mol. The molecular weight excluding hydrogens is 217 g/mol. The second kappa shape index (κ2) is 5.04. The van der Waals surface area contributed by atoms with Crippen LogP contribution in [0.25, 0.3) is 0 Å². The van der Waals surface area contributed by atoms with Crippen LogP contribution >= 0.6 is 11.8 Å². The largest absolute Gasteiger partial charge is 0.410 e. The van der Waals surface area contributed by atoms with E-state index in [-0.39, 0.29) is 23.3 Å². The normalized spacial score (nSPS) is 14.6. The Kier molecular flexibility index (Phi) is 4.97. The zero-order chi connectivity index (χ0) is 11.4. The van der Waals surface area contributed by atoms with Crippen LogP contribution in [0.3, 0.4) is 0 Å². The van der Waals surface area contributed by atoms with Gasteiger partial charge < -0.3 is 10.2 Å². The van der Waals surface area contributed by atoms with Crippen LogP contribution in [0, 0.1) is 0 Å². The molecule has 0 aliphatic heterocycles. The maximum atomic E-state index is 12.0. The van der Waals surface area contributed by atoms with Crippen LogP contribution in [-0.2, 0) is 0 Å². The Morgan fingerprint density at radius 2 is 1.86 bits per heavy atom. The molecule has 0 saturated heterocycles. The molecule has 0 spiro atoms. The topological polar surface area (TPSA) is 40.5 Å². The van der Waals surface area contributed by atoms with Gasteiger partial charge in [-0.05, 0) is 13.8 Å². The van der Waals surface area contributed by atoms with Crippen molar-refractivity contribution < 1.29 is 23.4 Å². The fourth-order valence-corrected chi connectivity index (χ4v) is 1.58. The summed E-state index contributed by atoms with van der Waals surface area (Å²) in [6, 6.07) is 0. The maximum absolute atomic E-state index is 12.0. The molecule has 0 atom stereocenters. The molecule has 0 aliphatic rings. The molecule has 0 aromatic carbocycles. The third-order valence-electron chi connectivity index (χ3n) is 1.25. The Bertz CT molecular complexity index is 206. The lowest BCUT2D eigenvalue weighted by atomic mass is 10.1. The number of alkyl halides is 3. The molecule has 0 aromatic rings. The fraction of sp³-hybridized carbons (Fsp3) is 0.750. The van der Waals surface area contributed by atoms with Crippen LogP contribution in [0.4, 0.5) is 13.2 Å². The highest BCUT2D eigenvalue weighted by atomic mass is 32.2. The van der Waals surface area contributed by atoms with Gasteiger partial charge in [0.15, 0.2) is 0 Å². The van der Waals surface area contributed by atoms with E-state index in [9.17, 15) is 18.3 Å². The summed E-state index contributed by atoms with van der Waals surface area (Å²) in [7, 11) is 0. The molecule has 2 N–H and O–H groups in total. The number of aliphatic hydroxyl groups is 2. The Hall–Kier alpha value is -0.200. The lowest BCUT2D eigenvalue weighted by molar-refractivity contribution is -0.0814. The zero-order valence-corrected chi connectivity index (χ0v) is 8.74. The molecule has 0 aromatic heterocycles.